The number of esters is 1. The molecule has 0 aromatic carbocycles. The number of carbonyl (C=O) groups excluding carboxylic acids is 3. The predicted molar refractivity (Wildman–Crippen MR) is 79.6 cm³/mol. The second kappa shape index (κ2) is 6.26. The Hall–Kier alpha value is -1.89. The van der Waals surface area contributed by atoms with Crippen molar-refractivity contribution < 1.29 is 19.1 Å². The lowest BCUT2D eigenvalue weighted by Gasteiger charge is -2.14. The number of aryl methyl sites for hydroxylation is 1. The van der Waals surface area contributed by atoms with E-state index in [0.29, 0.717) is 23.5 Å². The summed E-state index contributed by atoms with van der Waals surface area (Å²) in [6.45, 7) is 4.33. The van der Waals surface area contributed by atoms with Crippen molar-refractivity contribution in [1.29, 1.82) is 0 Å². The van der Waals surface area contributed by atoms with Crippen molar-refractivity contribution in [2.24, 2.45) is 0 Å². The van der Waals surface area contributed by atoms with Crippen molar-refractivity contribution in [2.75, 3.05) is 25.5 Å². The molecule has 2 heterocycles. The van der Waals surface area contributed by atoms with E-state index in [0.717, 1.165) is 16.9 Å². The van der Waals surface area contributed by atoms with Gasteiger partial charge in [0.1, 0.15) is 5.00 Å². The summed E-state index contributed by atoms with van der Waals surface area (Å²) in [5.74, 6) is -0.766. The van der Waals surface area contributed by atoms with Crippen LogP contribution in [0.25, 0.3) is 0 Å². The first-order valence-electron chi connectivity index (χ1n) is 6.70. The maximum Gasteiger partial charge on any atom is 0.341 e. The summed E-state index contributed by atoms with van der Waals surface area (Å²) < 4.78 is 4.76. The number of hydrogen-bond donors (Lipinski definition) is 1. The molecule has 2 amide bonds. The number of thiophene rings is 1. The van der Waals surface area contributed by atoms with Crippen LogP contribution >= 0.6 is 11.3 Å². The van der Waals surface area contributed by atoms with Crippen LogP contribution in [0.15, 0.2) is 0 Å². The predicted octanol–water partition coefficient (Wildman–Crippen LogP) is 1.71. The molecule has 1 aromatic rings. The van der Waals surface area contributed by atoms with Crippen molar-refractivity contribution in [2.45, 2.75) is 26.7 Å². The first-order valence-corrected chi connectivity index (χ1v) is 7.51. The van der Waals surface area contributed by atoms with Gasteiger partial charge >= 0.3 is 5.97 Å². The average Bonchev–Trinajstić information content (AvgIpc) is 2.94. The minimum Gasteiger partial charge on any atom is -0.465 e. The number of hydrogen-bond acceptors (Lipinski definition) is 5. The highest BCUT2D eigenvalue weighted by molar-refractivity contribution is 7.16. The number of rotatable bonds is 4. The molecule has 1 N–H and O–H groups in total. The van der Waals surface area contributed by atoms with Gasteiger partial charge < -0.3 is 15.0 Å². The second-order valence-electron chi connectivity index (χ2n) is 4.95. The Morgan fingerprint density at radius 2 is 2.10 bits per heavy atom. The van der Waals surface area contributed by atoms with E-state index in [1.54, 1.807) is 0 Å². The lowest BCUT2D eigenvalue weighted by atomic mass is 10.1. The van der Waals surface area contributed by atoms with Gasteiger partial charge in [0.25, 0.3) is 0 Å². The third kappa shape index (κ3) is 3.24. The van der Waals surface area contributed by atoms with Crippen molar-refractivity contribution in [1.82, 2.24) is 4.90 Å². The highest BCUT2D eigenvalue weighted by atomic mass is 32.1. The van der Waals surface area contributed by atoms with E-state index in [1.165, 1.54) is 23.3 Å². The van der Waals surface area contributed by atoms with Gasteiger partial charge in [-0.3, -0.25) is 9.59 Å². The third-order valence-corrected chi connectivity index (χ3v) is 4.66. The number of likely N-dealkylation sites (tertiary alicyclic amines) is 1. The maximum absolute atomic E-state index is 12.0. The van der Waals surface area contributed by atoms with Crippen molar-refractivity contribution in [3.05, 3.63) is 16.0 Å². The summed E-state index contributed by atoms with van der Waals surface area (Å²) in [6, 6.07) is 0. The molecule has 0 atom stereocenters. The second-order valence-corrected chi connectivity index (χ2v) is 6.17. The van der Waals surface area contributed by atoms with Gasteiger partial charge in [-0.1, -0.05) is 0 Å². The molecule has 1 fully saturated rings. The highest BCUT2D eigenvalue weighted by Crippen LogP contribution is 2.32. The molecule has 1 saturated heterocycles. The summed E-state index contributed by atoms with van der Waals surface area (Å²) in [5, 5.41) is 3.20. The van der Waals surface area contributed by atoms with Crippen LogP contribution in [0.4, 0.5) is 5.00 Å². The van der Waals surface area contributed by atoms with E-state index in [9.17, 15) is 14.4 Å². The molecular formula is C14H18N2O4S. The molecule has 2 rings (SSSR count). The summed E-state index contributed by atoms with van der Waals surface area (Å²) in [7, 11) is 1.31. The first kappa shape index (κ1) is 15.5. The van der Waals surface area contributed by atoms with Crippen LogP contribution < -0.4 is 5.32 Å². The molecule has 7 heteroatoms. The van der Waals surface area contributed by atoms with Crippen LogP contribution in [0.2, 0.25) is 0 Å². The van der Waals surface area contributed by atoms with Crippen LogP contribution in [-0.4, -0.2) is 42.9 Å². The molecular weight excluding hydrogens is 292 g/mol. The number of ether oxygens (including phenoxy) is 1. The summed E-state index contributed by atoms with van der Waals surface area (Å²) in [4.78, 5) is 37.9. The molecule has 1 aliphatic rings. The molecule has 0 bridgehead atoms. The Morgan fingerprint density at radius 1 is 1.38 bits per heavy atom. The minimum absolute atomic E-state index is 0.00289. The van der Waals surface area contributed by atoms with Crippen molar-refractivity contribution >= 4 is 34.1 Å². The van der Waals surface area contributed by atoms with Crippen LogP contribution in [-0.2, 0) is 14.3 Å². The van der Waals surface area contributed by atoms with Gasteiger partial charge in [-0.05, 0) is 25.8 Å². The van der Waals surface area contributed by atoms with Gasteiger partial charge in [0, 0.05) is 17.8 Å². The Balaban J connectivity index is 2.12. The number of amides is 2. The zero-order valence-electron chi connectivity index (χ0n) is 12.3. The molecule has 21 heavy (non-hydrogen) atoms. The Bertz CT molecular complexity index is 594. The van der Waals surface area contributed by atoms with E-state index >= 15 is 0 Å². The normalized spacial score (nSPS) is 14.4. The van der Waals surface area contributed by atoms with Crippen LogP contribution in [0.3, 0.4) is 0 Å². The third-order valence-electron chi connectivity index (χ3n) is 3.53. The molecule has 1 aromatic heterocycles. The Kier molecular flexibility index (Phi) is 4.62. The molecule has 114 valence electrons. The molecule has 0 unspecified atom stereocenters. The van der Waals surface area contributed by atoms with Crippen molar-refractivity contribution in [3.8, 4) is 0 Å². The number of nitrogens with zero attached hydrogens (tertiary/aromatic N) is 1. The van der Waals surface area contributed by atoms with Gasteiger partial charge in [0.2, 0.25) is 11.8 Å². The van der Waals surface area contributed by atoms with E-state index in [-0.39, 0.29) is 18.4 Å². The fourth-order valence-corrected chi connectivity index (χ4v) is 3.34. The zero-order valence-corrected chi connectivity index (χ0v) is 13.1. The van der Waals surface area contributed by atoms with E-state index < -0.39 is 5.97 Å². The zero-order chi connectivity index (χ0) is 15.6. The fourth-order valence-electron chi connectivity index (χ4n) is 2.27. The summed E-state index contributed by atoms with van der Waals surface area (Å²) in [6.07, 6.45) is 1.29. The smallest absolute Gasteiger partial charge is 0.341 e. The van der Waals surface area contributed by atoms with Gasteiger partial charge in [-0.15, -0.1) is 11.3 Å². The SMILES string of the molecule is COC(=O)c1c(NC(=O)CN2CCCC2=O)sc(C)c1C. The number of nitrogens with one attached hydrogen (secondary N) is 1. The van der Waals surface area contributed by atoms with E-state index in [2.05, 4.69) is 5.32 Å². The molecule has 1 aliphatic heterocycles. The largest absolute Gasteiger partial charge is 0.465 e. The fraction of sp³-hybridized carbons (Fsp3) is 0.500. The minimum atomic E-state index is -0.468. The summed E-state index contributed by atoms with van der Waals surface area (Å²) in [5.41, 5.74) is 1.19. The maximum atomic E-state index is 12.0. The summed E-state index contributed by atoms with van der Waals surface area (Å²) >= 11 is 1.34. The number of anilines is 1. The molecule has 0 aliphatic carbocycles. The monoisotopic (exact) mass is 310 g/mol. The highest BCUT2D eigenvalue weighted by Gasteiger charge is 2.25. The topological polar surface area (TPSA) is 75.7 Å². The van der Waals surface area contributed by atoms with Gasteiger partial charge in [0.05, 0.1) is 19.2 Å². The Morgan fingerprint density at radius 3 is 2.67 bits per heavy atom. The molecule has 6 nitrogen and oxygen atoms in total. The van der Waals surface area contributed by atoms with E-state index in [1.807, 2.05) is 13.8 Å². The first-order chi connectivity index (χ1) is 9.93. The van der Waals surface area contributed by atoms with Crippen molar-refractivity contribution in [3.63, 3.8) is 0 Å². The molecule has 0 radical (unpaired) electrons. The van der Waals surface area contributed by atoms with Crippen LogP contribution in [0.1, 0.15) is 33.6 Å². The standard InChI is InChI=1S/C14H18N2O4S/c1-8-9(2)21-13(12(8)14(19)20-3)15-10(17)7-16-6-4-5-11(16)18/h4-7H2,1-3H3,(H,15,17). The lowest BCUT2D eigenvalue weighted by molar-refractivity contribution is -0.131. The molecule has 0 spiro atoms. The van der Waals surface area contributed by atoms with Gasteiger partial charge in [-0.25, -0.2) is 4.79 Å². The Labute approximate surface area is 127 Å². The number of carbonyl (C=O) groups is 3. The van der Waals surface area contributed by atoms with Gasteiger partial charge in [-0.2, -0.15) is 0 Å². The van der Waals surface area contributed by atoms with Crippen LogP contribution in [0, 0.1) is 13.8 Å². The average molecular weight is 310 g/mol. The van der Waals surface area contributed by atoms with E-state index in [4.69, 9.17) is 4.74 Å². The number of methoxy groups -OCH3 is 1. The lowest BCUT2D eigenvalue weighted by Crippen LogP contribution is -2.34. The van der Waals surface area contributed by atoms with Gasteiger partial charge in [0.15, 0.2) is 0 Å². The van der Waals surface area contributed by atoms with Crippen LogP contribution in [0.5, 0.6) is 0 Å². The molecule has 0 saturated carbocycles. The quantitative estimate of drug-likeness (QED) is 0.859.